The molecule has 0 aliphatic carbocycles. The first-order chi connectivity index (χ1) is 14.2. The summed E-state index contributed by atoms with van der Waals surface area (Å²) in [6, 6.07) is 18.4. The molecule has 0 amide bonds. The van der Waals surface area contributed by atoms with Crippen LogP contribution in [0, 0.1) is 6.92 Å². The zero-order valence-electron chi connectivity index (χ0n) is 15.2. The maximum Gasteiger partial charge on any atom is 0.283 e. The lowest BCUT2D eigenvalue weighted by atomic mass is 10.2. The number of aromatic nitrogens is 4. The Morgan fingerprint density at radius 3 is 1.97 bits per heavy atom. The molecule has 5 rings (SSSR count). The van der Waals surface area contributed by atoms with Crippen molar-refractivity contribution in [2.75, 3.05) is 0 Å². The molecular formula is C21H13ClN4O3. The standard InChI is InChI=1S/C21H13ClN4O3/c1-12-16(20-25-23-19(28-20)14-7-9-15(22)10-8-14)11-17(27-12)21-26-24-18(29-21)13-5-3-2-4-6-13/h2-11H,1H3. The van der Waals surface area contributed by atoms with Crippen LogP contribution < -0.4 is 0 Å². The fourth-order valence-electron chi connectivity index (χ4n) is 2.86. The number of halogens is 1. The molecule has 0 saturated carbocycles. The van der Waals surface area contributed by atoms with Crippen molar-refractivity contribution in [1.29, 1.82) is 0 Å². The fourth-order valence-corrected chi connectivity index (χ4v) is 2.99. The fraction of sp³-hybridized carbons (Fsp3) is 0.0476. The minimum absolute atomic E-state index is 0.274. The first kappa shape index (κ1) is 17.4. The topological polar surface area (TPSA) is 91.0 Å². The third kappa shape index (κ3) is 3.32. The minimum atomic E-state index is 0.274. The lowest BCUT2D eigenvalue weighted by Gasteiger charge is -1.94. The predicted octanol–water partition coefficient (Wildman–Crippen LogP) is 5.68. The second kappa shape index (κ2) is 7.03. The smallest absolute Gasteiger partial charge is 0.283 e. The van der Waals surface area contributed by atoms with Gasteiger partial charge in [-0.25, -0.2) is 0 Å². The monoisotopic (exact) mass is 404 g/mol. The molecule has 0 spiro atoms. The van der Waals surface area contributed by atoms with E-state index in [1.165, 1.54) is 0 Å². The van der Waals surface area contributed by atoms with Crippen LogP contribution in [0.2, 0.25) is 5.02 Å². The Balaban J connectivity index is 1.46. The molecule has 0 radical (unpaired) electrons. The first-order valence-electron chi connectivity index (χ1n) is 8.77. The maximum atomic E-state index is 5.92. The number of hydrogen-bond acceptors (Lipinski definition) is 7. The summed E-state index contributed by atoms with van der Waals surface area (Å²) in [5.41, 5.74) is 2.27. The Morgan fingerprint density at radius 2 is 1.24 bits per heavy atom. The van der Waals surface area contributed by atoms with Gasteiger partial charge in [-0.3, -0.25) is 0 Å². The van der Waals surface area contributed by atoms with Crippen molar-refractivity contribution in [3.05, 3.63) is 71.4 Å². The quantitative estimate of drug-likeness (QED) is 0.380. The van der Waals surface area contributed by atoms with E-state index in [4.69, 9.17) is 24.9 Å². The summed E-state index contributed by atoms with van der Waals surface area (Å²) in [4.78, 5) is 0. The van der Waals surface area contributed by atoms with Crippen LogP contribution in [0.25, 0.3) is 46.0 Å². The largest absolute Gasteiger partial charge is 0.455 e. The molecule has 7 nitrogen and oxygen atoms in total. The zero-order valence-corrected chi connectivity index (χ0v) is 15.9. The normalized spacial score (nSPS) is 11.1. The molecule has 0 saturated heterocycles. The summed E-state index contributed by atoms with van der Waals surface area (Å²) in [7, 11) is 0. The molecular weight excluding hydrogens is 392 g/mol. The molecule has 8 heteroatoms. The Kier molecular flexibility index (Phi) is 4.22. The summed E-state index contributed by atoms with van der Waals surface area (Å²) in [5.74, 6) is 2.45. The SMILES string of the molecule is Cc1oc(-c2nnc(-c3ccccc3)o2)cc1-c1nnc(-c2ccc(Cl)cc2)o1. The van der Waals surface area contributed by atoms with E-state index >= 15 is 0 Å². The second-order valence-electron chi connectivity index (χ2n) is 6.28. The van der Waals surface area contributed by atoms with E-state index in [0.29, 0.717) is 39.8 Å². The summed E-state index contributed by atoms with van der Waals surface area (Å²) in [6.07, 6.45) is 0. The van der Waals surface area contributed by atoms with Crippen LogP contribution in [0.3, 0.4) is 0 Å². The molecule has 3 heterocycles. The second-order valence-corrected chi connectivity index (χ2v) is 6.71. The minimum Gasteiger partial charge on any atom is -0.455 e. The van der Waals surface area contributed by atoms with Crippen molar-refractivity contribution in [3.8, 4) is 46.0 Å². The third-order valence-corrected chi connectivity index (χ3v) is 4.57. The van der Waals surface area contributed by atoms with E-state index in [1.807, 2.05) is 42.5 Å². The Hall–Kier alpha value is -3.71. The average Bonchev–Trinajstić information content (AvgIpc) is 3.48. The summed E-state index contributed by atoms with van der Waals surface area (Å²) >= 11 is 5.92. The van der Waals surface area contributed by atoms with Gasteiger partial charge >= 0.3 is 0 Å². The van der Waals surface area contributed by atoms with E-state index < -0.39 is 0 Å². The number of benzene rings is 2. The van der Waals surface area contributed by atoms with Gasteiger partial charge in [-0.1, -0.05) is 29.8 Å². The number of furan rings is 1. The van der Waals surface area contributed by atoms with Crippen LogP contribution in [0.1, 0.15) is 5.76 Å². The zero-order chi connectivity index (χ0) is 19.8. The molecule has 0 fully saturated rings. The highest BCUT2D eigenvalue weighted by Gasteiger charge is 2.20. The lowest BCUT2D eigenvalue weighted by Crippen LogP contribution is -1.77. The molecule has 29 heavy (non-hydrogen) atoms. The predicted molar refractivity (Wildman–Crippen MR) is 106 cm³/mol. The molecule has 5 aromatic rings. The molecule has 0 atom stereocenters. The molecule has 0 aliphatic heterocycles. The average molecular weight is 405 g/mol. The Bertz CT molecular complexity index is 1270. The highest BCUT2D eigenvalue weighted by Crippen LogP contribution is 2.33. The summed E-state index contributed by atoms with van der Waals surface area (Å²) in [6.45, 7) is 1.81. The molecule has 142 valence electrons. The van der Waals surface area contributed by atoms with Crippen molar-refractivity contribution in [3.63, 3.8) is 0 Å². The van der Waals surface area contributed by atoms with Crippen molar-refractivity contribution >= 4 is 11.6 Å². The van der Waals surface area contributed by atoms with Crippen LogP contribution in [0.15, 0.2) is 73.9 Å². The van der Waals surface area contributed by atoms with E-state index in [-0.39, 0.29) is 5.89 Å². The van der Waals surface area contributed by atoms with Gasteiger partial charge in [0, 0.05) is 22.2 Å². The highest BCUT2D eigenvalue weighted by atomic mass is 35.5. The van der Waals surface area contributed by atoms with Gasteiger partial charge in [-0.15, -0.1) is 20.4 Å². The first-order valence-corrected chi connectivity index (χ1v) is 9.15. The molecule has 2 aromatic carbocycles. The number of rotatable bonds is 4. The van der Waals surface area contributed by atoms with Crippen LogP contribution in [-0.4, -0.2) is 20.4 Å². The van der Waals surface area contributed by atoms with Crippen LogP contribution >= 0.6 is 11.6 Å². The Morgan fingerprint density at radius 1 is 0.655 bits per heavy atom. The van der Waals surface area contributed by atoms with Gasteiger partial charge in [0.05, 0.1) is 5.56 Å². The van der Waals surface area contributed by atoms with Crippen LogP contribution in [0.4, 0.5) is 0 Å². The van der Waals surface area contributed by atoms with E-state index in [9.17, 15) is 0 Å². The van der Waals surface area contributed by atoms with E-state index in [1.54, 1.807) is 25.1 Å². The Labute approximate surface area is 170 Å². The molecule has 0 bridgehead atoms. The maximum absolute atomic E-state index is 5.92. The van der Waals surface area contributed by atoms with Gasteiger partial charge in [0.25, 0.3) is 11.8 Å². The third-order valence-electron chi connectivity index (χ3n) is 4.32. The number of hydrogen-bond donors (Lipinski definition) is 0. The van der Waals surface area contributed by atoms with Crippen molar-refractivity contribution in [1.82, 2.24) is 20.4 Å². The van der Waals surface area contributed by atoms with Gasteiger partial charge < -0.3 is 13.3 Å². The van der Waals surface area contributed by atoms with Gasteiger partial charge in [0.15, 0.2) is 5.76 Å². The van der Waals surface area contributed by atoms with E-state index in [0.717, 1.165) is 11.1 Å². The molecule has 0 aliphatic rings. The van der Waals surface area contributed by atoms with Gasteiger partial charge in [0.2, 0.25) is 11.8 Å². The molecule has 0 unspecified atom stereocenters. The van der Waals surface area contributed by atoms with Crippen LogP contribution in [0.5, 0.6) is 0 Å². The van der Waals surface area contributed by atoms with Crippen molar-refractivity contribution < 1.29 is 13.3 Å². The van der Waals surface area contributed by atoms with E-state index in [2.05, 4.69) is 20.4 Å². The lowest BCUT2D eigenvalue weighted by molar-refractivity contribution is 0.504. The van der Waals surface area contributed by atoms with Gasteiger partial charge in [-0.2, -0.15) is 0 Å². The van der Waals surface area contributed by atoms with Gasteiger partial charge in [-0.05, 0) is 43.3 Å². The van der Waals surface area contributed by atoms with Gasteiger partial charge in [0.1, 0.15) is 5.76 Å². The van der Waals surface area contributed by atoms with Crippen molar-refractivity contribution in [2.24, 2.45) is 0 Å². The molecule has 0 N–H and O–H groups in total. The summed E-state index contributed by atoms with van der Waals surface area (Å²) in [5, 5.41) is 17.0. The summed E-state index contributed by atoms with van der Waals surface area (Å²) < 4.78 is 17.4. The highest BCUT2D eigenvalue weighted by molar-refractivity contribution is 6.30. The number of nitrogens with zero attached hydrogens (tertiary/aromatic N) is 4. The van der Waals surface area contributed by atoms with Crippen molar-refractivity contribution in [2.45, 2.75) is 6.92 Å². The number of aryl methyl sites for hydroxylation is 1. The molecule has 3 aromatic heterocycles. The van der Waals surface area contributed by atoms with Crippen LogP contribution in [-0.2, 0) is 0 Å².